The largest absolute Gasteiger partial charge is 0.466 e. The van der Waals surface area contributed by atoms with Crippen LogP contribution >= 0.6 is 11.3 Å². The second-order valence-corrected chi connectivity index (χ2v) is 7.29. The van der Waals surface area contributed by atoms with Crippen molar-refractivity contribution in [1.82, 2.24) is 4.98 Å². The van der Waals surface area contributed by atoms with Crippen LogP contribution in [0, 0.1) is 5.92 Å². The summed E-state index contributed by atoms with van der Waals surface area (Å²) in [5.41, 5.74) is 0.886. The molecule has 1 atom stereocenters. The van der Waals surface area contributed by atoms with Gasteiger partial charge in [0.2, 0.25) is 10.0 Å². The molecule has 1 aromatic rings. The van der Waals surface area contributed by atoms with E-state index in [0.717, 1.165) is 16.8 Å². The van der Waals surface area contributed by atoms with Crippen molar-refractivity contribution in [3.8, 4) is 0 Å². The predicted octanol–water partition coefficient (Wildman–Crippen LogP) is 1.18. The van der Waals surface area contributed by atoms with E-state index in [1.54, 1.807) is 6.92 Å². The number of hydrogen-bond acceptors (Lipinski definition) is 6. The molecule has 6 nitrogen and oxygen atoms in total. The zero-order chi connectivity index (χ0) is 14.0. The second kappa shape index (κ2) is 5.46. The summed E-state index contributed by atoms with van der Waals surface area (Å²) < 4.78 is 29.7. The van der Waals surface area contributed by atoms with Crippen molar-refractivity contribution >= 4 is 32.5 Å². The average Bonchev–Trinajstić information content (AvgIpc) is 2.67. The first-order chi connectivity index (χ1) is 8.89. The molecular weight excluding hydrogens is 288 g/mol. The van der Waals surface area contributed by atoms with Gasteiger partial charge in [0.25, 0.3) is 0 Å². The van der Waals surface area contributed by atoms with E-state index in [0.29, 0.717) is 31.0 Å². The van der Waals surface area contributed by atoms with Crippen molar-refractivity contribution in [2.24, 2.45) is 5.92 Å². The number of nitrogens with zero attached hydrogens (tertiary/aromatic N) is 1. The third-order valence-corrected chi connectivity index (χ3v) is 4.56. The van der Waals surface area contributed by atoms with Gasteiger partial charge in [-0.3, -0.25) is 9.52 Å². The summed E-state index contributed by atoms with van der Waals surface area (Å²) in [6.45, 7) is 2.17. The molecule has 106 valence electrons. The fraction of sp³-hybridized carbons (Fsp3) is 0.636. The molecule has 2 rings (SSSR count). The Morgan fingerprint density at radius 3 is 2.95 bits per heavy atom. The first-order valence-corrected chi connectivity index (χ1v) is 8.73. The molecule has 1 heterocycles. The minimum Gasteiger partial charge on any atom is -0.466 e. The lowest BCUT2D eigenvalue weighted by molar-refractivity contribution is -0.148. The number of hydrogen-bond donors (Lipinski definition) is 1. The van der Waals surface area contributed by atoms with Gasteiger partial charge in [0.05, 0.1) is 24.5 Å². The van der Waals surface area contributed by atoms with Crippen LogP contribution in [0.25, 0.3) is 0 Å². The molecule has 0 bridgehead atoms. The van der Waals surface area contributed by atoms with Crippen LogP contribution in [-0.2, 0) is 32.4 Å². The highest BCUT2D eigenvalue weighted by molar-refractivity contribution is 7.92. The van der Waals surface area contributed by atoms with Gasteiger partial charge in [-0.2, -0.15) is 0 Å². The van der Waals surface area contributed by atoms with Gasteiger partial charge in [-0.1, -0.05) is 0 Å². The molecule has 0 aromatic carbocycles. The second-order valence-electron chi connectivity index (χ2n) is 4.45. The van der Waals surface area contributed by atoms with Crippen LogP contribution in [0.2, 0.25) is 0 Å². The fourth-order valence-corrected chi connectivity index (χ4v) is 3.96. The maximum absolute atomic E-state index is 11.7. The lowest BCUT2D eigenvalue weighted by Crippen LogP contribution is -2.24. The molecule has 0 saturated heterocycles. The number of carbonyl (C=O) groups excluding carboxylic acids is 1. The summed E-state index contributed by atoms with van der Waals surface area (Å²) in [5, 5.41) is 0.372. The summed E-state index contributed by atoms with van der Waals surface area (Å²) in [5.74, 6) is -0.321. The standard InChI is InChI=1S/C11H16N2O4S2/c1-3-17-10(14)7-4-5-8-9(6-7)18-11(12-8)13-19(2,15)16/h7H,3-6H2,1-2H3,(H,12,13). The van der Waals surface area contributed by atoms with Gasteiger partial charge in [-0.15, -0.1) is 11.3 Å². The number of sulfonamides is 1. The van der Waals surface area contributed by atoms with Crippen LogP contribution in [0.1, 0.15) is 23.9 Å². The molecule has 1 aliphatic carbocycles. The van der Waals surface area contributed by atoms with Gasteiger partial charge >= 0.3 is 5.97 Å². The Bertz CT molecular complexity index is 580. The lowest BCUT2D eigenvalue weighted by atomic mass is 9.91. The zero-order valence-electron chi connectivity index (χ0n) is 10.8. The van der Waals surface area contributed by atoms with Crippen molar-refractivity contribution in [3.05, 3.63) is 10.6 Å². The van der Waals surface area contributed by atoms with Gasteiger partial charge in [-0.25, -0.2) is 13.4 Å². The summed E-state index contributed by atoms with van der Waals surface area (Å²) >= 11 is 1.29. The molecule has 1 aliphatic rings. The molecule has 1 unspecified atom stereocenters. The van der Waals surface area contributed by atoms with Gasteiger partial charge in [0.1, 0.15) is 0 Å². The molecule has 19 heavy (non-hydrogen) atoms. The minimum absolute atomic E-state index is 0.140. The number of ether oxygens (including phenoxy) is 1. The van der Waals surface area contributed by atoms with Gasteiger partial charge < -0.3 is 4.74 Å². The van der Waals surface area contributed by atoms with E-state index in [9.17, 15) is 13.2 Å². The number of rotatable bonds is 4. The highest BCUT2D eigenvalue weighted by Gasteiger charge is 2.28. The Kier molecular flexibility index (Phi) is 4.10. The molecule has 1 N–H and O–H groups in total. The van der Waals surface area contributed by atoms with E-state index in [-0.39, 0.29) is 11.9 Å². The number of nitrogens with one attached hydrogen (secondary N) is 1. The molecule has 0 saturated carbocycles. The predicted molar refractivity (Wildman–Crippen MR) is 72.7 cm³/mol. The van der Waals surface area contributed by atoms with Crippen LogP contribution in [0.5, 0.6) is 0 Å². The van der Waals surface area contributed by atoms with E-state index in [1.165, 1.54) is 11.3 Å². The maximum atomic E-state index is 11.7. The highest BCUT2D eigenvalue weighted by atomic mass is 32.2. The molecule has 0 fully saturated rings. The smallest absolute Gasteiger partial charge is 0.309 e. The number of aromatic nitrogens is 1. The van der Waals surface area contributed by atoms with Crippen molar-refractivity contribution in [3.63, 3.8) is 0 Å². The summed E-state index contributed by atoms with van der Waals surface area (Å²) in [7, 11) is -3.31. The van der Waals surface area contributed by atoms with Crippen LogP contribution in [0.4, 0.5) is 5.13 Å². The molecule has 0 aliphatic heterocycles. The summed E-state index contributed by atoms with van der Waals surface area (Å²) in [4.78, 5) is 16.9. The van der Waals surface area contributed by atoms with Crippen LogP contribution in [0.15, 0.2) is 0 Å². The minimum atomic E-state index is -3.31. The lowest BCUT2D eigenvalue weighted by Gasteiger charge is -2.18. The monoisotopic (exact) mass is 304 g/mol. The van der Waals surface area contributed by atoms with E-state index in [2.05, 4.69) is 9.71 Å². The maximum Gasteiger partial charge on any atom is 0.309 e. The Morgan fingerprint density at radius 2 is 2.32 bits per heavy atom. The van der Waals surface area contributed by atoms with Crippen LogP contribution < -0.4 is 4.72 Å². The zero-order valence-corrected chi connectivity index (χ0v) is 12.4. The first kappa shape index (κ1) is 14.3. The van der Waals surface area contributed by atoms with E-state index < -0.39 is 10.0 Å². The molecule has 0 spiro atoms. The topological polar surface area (TPSA) is 85.4 Å². The number of thiazole rings is 1. The molecule has 0 radical (unpaired) electrons. The van der Waals surface area contributed by atoms with Gasteiger partial charge in [0, 0.05) is 4.88 Å². The SMILES string of the molecule is CCOC(=O)C1CCc2nc(NS(C)(=O)=O)sc2C1. The van der Waals surface area contributed by atoms with E-state index in [4.69, 9.17) is 4.74 Å². The van der Waals surface area contributed by atoms with E-state index in [1.807, 2.05) is 0 Å². The van der Waals surface area contributed by atoms with Crippen LogP contribution in [0.3, 0.4) is 0 Å². The first-order valence-electron chi connectivity index (χ1n) is 6.02. The average molecular weight is 304 g/mol. The molecule has 0 amide bonds. The number of anilines is 1. The highest BCUT2D eigenvalue weighted by Crippen LogP contribution is 2.33. The Labute approximate surface area is 116 Å². The Balaban J connectivity index is 2.11. The van der Waals surface area contributed by atoms with Crippen molar-refractivity contribution < 1.29 is 17.9 Å². The van der Waals surface area contributed by atoms with Gasteiger partial charge in [-0.05, 0) is 26.2 Å². The summed E-state index contributed by atoms with van der Waals surface area (Å²) in [6.07, 6.45) is 3.06. The molecular formula is C11H16N2O4S2. The van der Waals surface area contributed by atoms with Crippen LogP contribution in [-0.4, -0.2) is 32.2 Å². The Morgan fingerprint density at radius 1 is 1.58 bits per heavy atom. The number of esters is 1. The number of carbonyl (C=O) groups is 1. The summed E-state index contributed by atoms with van der Waals surface area (Å²) in [6, 6.07) is 0. The van der Waals surface area contributed by atoms with Crippen molar-refractivity contribution in [2.45, 2.75) is 26.2 Å². The number of aryl methyl sites for hydroxylation is 1. The normalized spacial score (nSPS) is 18.7. The Hall–Kier alpha value is -1.15. The quantitative estimate of drug-likeness (QED) is 0.844. The third-order valence-electron chi connectivity index (χ3n) is 2.83. The van der Waals surface area contributed by atoms with Crippen molar-refractivity contribution in [1.29, 1.82) is 0 Å². The number of fused-ring (bicyclic) bond motifs is 1. The van der Waals surface area contributed by atoms with Crippen molar-refractivity contribution in [2.75, 3.05) is 17.6 Å². The van der Waals surface area contributed by atoms with E-state index >= 15 is 0 Å². The molecule has 8 heteroatoms. The van der Waals surface area contributed by atoms with Gasteiger partial charge in [0.15, 0.2) is 5.13 Å². The third kappa shape index (κ3) is 3.66. The molecule has 1 aromatic heterocycles. The fourth-order valence-electron chi connectivity index (χ4n) is 2.04.